The first-order valence-corrected chi connectivity index (χ1v) is 8.46. The SMILES string of the molecule is c1ccc2[nH]c(N=Nc3cc4ccccc4[nH]3)cc2c1.c1ccccc1. The van der Waals surface area contributed by atoms with Crippen molar-refractivity contribution in [2.24, 2.45) is 10.2 Å². The van der Waals surface area contributed by atoms with Gasteiger partial charge in [-0.15, -0.1) is 10.2 Å². The molecular formula is C22H18N4. The summed E-state index contributed by atoms with van der Waals surface area (Å²) in [4.78, 5) is 6.45. The topological polar surface area (TPSA) is 56.3 Å². The molecule has 0 spiro atoms. The lowest BCUT2D eigenvalue weighted by atomic mass is 10.2. The lowest BCUT2D eigenvalue weighted by molar-refractivity contribution is 1.16. The van der Waals surface area contributed by atoms with E-state index < -0.39 is 0 Å². The van der Waals surface area contributed by atoms with Gasteiger partial charge in [0.1, 0.15) is 0 Å². The Morgan fingerprint density at radius 1 is 0.462 bits per heavy atom. The maximum Gasteiger partial charge on any atom is 0.153 e. The molecule has 0 amide bonds. The molecule has 2 heterocycles. The first kappa shape index (κ1) is 15.8. The van der Waals surface area contributed by atoms with Crippen molar-refractivity contribution in [1.82, 2.24) is 9.97 Å². The standard InChI is InChI=1S/C16H12N4.C6H6/c1-3-7-13-11(5-1)9-15(17-13)19-20-16-10-12-6-2-4-8-14(12)18-16;1-2-4-6-5-3-1/h1-10,17-18H;1-6H. The van der Waals surface area contributed by atoms with Crippen molar-refractivity contribution in [3.05, 3.63) is 97.1 Å². The van der Waals surface area contributed by atoms with E-state index in [4.69, 9.17) is 0 Å². The van der Waals surface area contributed by atoms with E-state index in [1.54, 1.807) is 0 Å². The first-order chi connectivity index (χ1) is 12.9. The normalized spacial score (nSPS) is 10.9. The molecule has 0 aliphatic heterocycles. The molecule has 0 fully saturated rings. The zero-order valence-electron chi connectivity index (χ0n) is 14.1. The predicted octanol–water partition coefficient (Wildman–Crippen LogP) is 6.75. The summed E-state index contributed by atoms with van der Waals surface area (Å²) in [5.41, 5.74) is 2.14. The predicted molar refractivity (Wildman–Crippen MR) is 107 cm³/mol. The maximum absolute atomic E-state index is 4.25. The van der Waals surface area contributed by atoms with Crippen LogP contribution in [0.4, 0.5) is 11.6 Å². The minimum atomic E-state index is 0.754. The maximum atomic E-state index is 4.25. The number of rotatable bonds is 2. The highest BCUT2D eigenvalue weighted by Crippen LogP contribution is 2.24. The van der Waals surface area contributed by atoms with Crippen molar-refractivity contribution >= 4 is 33.4 Å². The fourth-order valence-corrected chi connectivity index (χ4v) is 2.72. The van der Waals surface area contributed by atoms with Gasteiger partial charge in [-0.1, -0.05) is 72.8 Å². The molecule has 2 N–H and O–H groups in total. The molecule has 3 aromatic carbocycles. The van der Waals surface area contributed by atoms with Crippen LogP contribution >= 0.6 is 0 Å². The van der Waals surface area contributed by atoms with E-state index in [1.165, 1.54) is 0 Å². The van der Waals surface area contributed by atoms with Crippen molar-refractivity contribution in [3.63, 3.8) is 0 Å². The van der Waals surface area contributed by atoms with Crippen LogP contribution in [0.5, 0.6) is 0 Å². The zero-order valence-corrected chi connectivity index (χ0v) is 14.1. The van der Waals surface area contributed by atoms with Gasteiger partial charge in [-0.2, -0.15) is 0 Å². The van der Waals surface area contributed by atoms with Crippen LogP contribution in [-0.2, 0) is 0 Å². The molecule has 4 nitrogen and oxygen atoms in total. The molecule has 0 aliphatic carbocycles. The van der Waals surface area contributed by atoms with E-state index >= 15 is 0 Å². The van der Waals surface area contributed by atoms with Gasteiger partial charge in [0.25, 0.3) is 0 Å². The number of aromatic nitrogens is 2. The summed E-state index contributed by atoms with van der Waals surface area (Å²) in [7, 11) is 0. The lowest BCUT2D eigenvalue weighted by Gasteiger charge is -1.85. The van der Waals surface area contributed by atoms with Crippen LogP contribution in [-0.4, -0.2) is 9.97 Å². The fraction of sp³-hybridized carbons (Fsp3) is 0. The Bertz CT molecular complexity index is 968. The Morgan fingerprint density at radius 3 is 1.23 bits per heavy atom. The highest BCUT2D eigenvalue weighted by atomic mass is 15.2. The highest BCUT2D eigenvalue weighted by molar-refractivity contribution is 5.84. The van der Waals surface area contributed by atoms with Crippen molar-refractivity contribution in [3.8, 4) is 0 Å². The Kier molecular flexibility index (Phi) is 4.56. The Morgan fingerprint density at radius 2 is 0.846 bits per heavy atom. The number of aromatic amines is 2. The minimum absolute atomic E-state index is 0.754. The molecule has 0 bridgehead atoms. The van der Waals surface area contributed by atoms with Gasteiger partial charge < -0.3 is 9.97 Å². The second-order valence-corrected chi connectivity index (χ2v) is 5.84. The smallest absolute Gasteiger partial charge is 0.153 e. The molecule has 5 aromatic rings. The molecule has 0 saturated carbocycles. The molecule has 126 valence electrons. The minimum Gasteiger partial charge on any atom is -0.338 e. The third kappa shape index (κ3) is 3.70. The number of hydrogen-bond acceptors (Lipinski definition) is 2. The van der Waals surface area contributed by atoms with Crippen LogP contribution in [0.25, 0.3) is 21.8 Å². The van der Waals surface area contributed by atoms with Crippen LogP contribution in [0.1, 0.15) is 0 Å². The van der Waals surface area contributed by atoms with E-state index in [1.807, 2.05) is 97.1 Å². The second-order valence-electron chi connectivity index (χ2n) is 5.84. The van der Waals surface area contributed by atoms with E-state index in [2.05, 4.69) is 20.2 Å². The number of nitrogens with zero attached hydrogens (tertiary/aromatic N) is 2. The molecule has 2 aromatic heterocycles. The molecule has 26 heavy (non-hydrogen) atoms. The largest absolute Gasteiger partial charge is 0.338 e. The van der Waals surface area contributed by atoms with Gasteiger partial charge in [0.05, 0.1) is 0 Å². The summed E-state index contributed by atoms with van der Waals surface area (Å²) in [6.45, 7) is 0. The highest BCUT2D eigenvalue weighted by Gasteiger charge is 2.00. The molecule has 0 radical (unpaired) electrons. The van der Waals surface area contributed by atoms with Crippen LogP contribution in [0, 0.1) is 0 Å². The van der Waals surface area contributed by atoms with Gasteiger partial charge in [0.2, 0.25) is 0 Å². The van der Waals surface area contributed by atoms with Crippen molar-refractivity contribution in [2.45, 2.75) is 0 Å². The summed E-state index contributed by atoms with van der Waals surface area (Å²) in [5.74, 6) is 1.51. The number of hydrogen-bond donors (Lipinski definition) is 2. The number of azo groups is 1. The summed E-state index contributed by atoms with van der Waals surface area (Å²) >= 11 is 0. The van der Waals surface area contributed by atoms with Crippen LogP contribution < -0.4 is 0 Å². The molecular weight excluding hydrogens is 320 g/mol. The van der Waals surface area contributed by atoms with Crippen molar-refractivity contribution in [1.29, 1.82) is 0 Å². The molecule has 0 aliphatic rings. The molecule has 0 unspecified atom stereocenters. The first-order valence-electron chi connectivity index (χ1n) is 8.46. The van der Waals surface area contributed by atoms with Gasteiger partial charge in [0, 0.05) is 21.8 Å². The average Bonchev–Trinajstić information content (AvgIpc) is 3.31. The quantitative estimate of drug-likeness (QED) is 0.334. The Balaban J connectivity index is 0.000000240. The van der Waals surface area contributed by atoms with Crippen LogP contribution in [0.15, 0.2) is 107 Å². The third-order valence-corrected chi connectivity index (χ3v) is 3.96. The Hall–Kier alpha value is -3.66. The summed E-state index contributed by atoms with van der Waals surface area (Å²) in [6.07, 6.45) is 0. The molecule has 0 saturated heterocycles. The van der Waals surface area contributed by atoms with Crippen molar-refractivity contribution in [2.75, 3.05) is 0 Å². The molecule has 4 heteroatoms. The number of nitrogens with one attached hydrogen (secondary N) is 2. The number of para-hydroxylation sites is 2. The third-order valence-electron chi connectivity index (χ3n) is 3.96. The lowest BCUT2D eigenvalue weighted by Crippen LogP contribution is -1.65. The van der Waals surface area contributed by atoms with Gasteiger partial charge >= 0.3 is 0 Å². The average molecular weight is 338 g/mol. The fourth-order valence-electron chi connectivity index (χ4n) is 2.72. The molecule has 5 rings (SSSR count). The zero-order chi connectivity index (χ0) is 17.6. The van der Waals surface area contributed by atoms with E-state index in [0.717, 1.165) is 33.4 Å². The van der Waals surface area contributed by atoms with E-state index in [9.17, 15) is 0 Å². The molecule has 0 atom stereocenters. The van der Waals surface area contributed by atoms with Gasteiger partial charge in [-0.3, -0.25) is 0 Å². The number of H-pyrrole nitrogens is 2. The van der Waals surface area contributed by atoms with E-state index in [-0.39, 0.29) is 0 Å². The Labute approximate surface area is 151 Å². The van der Waals surface area contributed by atoms with Gasteiger partial charge in [0.15, 0.2) is 11.6 Å². The second kappa shape index (κ2) is 7.49. The summed E-state index contributed by atoms with van der Waals surface area (Å²) in [5, 5.41) is 10.8. The van der Waals surface area contributed by atoms with Gasteiger partial charge in [-0.05, 0) is 24.3 Å². The number of benzene rings is 3. The van der Waals surface area contributed by atoms with Gasteiger partial charge in [-0.25, -0.2) is 0 Å². The van der Waals surface area contributed by atoms with E-state index in [0.29, 0.717) is 0 Å². The summed E-state index contributed by atoms with van der Waals surface area (Å²) < 4.78 is 0. The summed E-state index contributed by atoms with van der Waals surface area (Å²) in [6, 6.07) is 32.1. The number of fused-ring (bicyclic) bond motifs is 2. The van der Waals surface area contributed by atoms with Crippen molar-refractivity contribution < 1.29 is 0 Å². The van der Waals surface area contributed by atoms with Crippen LogP contribution in [0.3, 0.4) is 0 Å². The monoisotopic (exact) mass is 338 g/mol. The van der Waals surface area contributed by atoms with Crippen LogP contribution in [0.2, 0.25) is 0 Å².